The van der Waals surface area contributed by atoms with Crippen LogP contribution in [0.3, 0.4) is 0 Å². The molecule has 1 atom stereocenters. The third-order valence-corrected chi connectivity index (χ3v) is 6.42. The average Bonchev–Trinajstić information content (AvgIpc) is 2.97. The van der Waals surface area contributed by atoms with Gasteiger partial charge in [0.25, 0.3) is 0 Å². The first-order chi connectivity index (χ1) is 11.5. The van der Waals surface area contributed by atoms with Crippen LogP contribution in [-0.4, -0.2) is 44.8 Å². The molecule has 126 valence electrons. The van der Waals surface area contributed by atoms with Crippen molar-refractivity contribution in [3.8, 4) is 0 Å². The van der Waals surface area contributed by atoms with Crippen LogP contribution in [0.15, 0.2) is 30.5 Å². The number of nitrogens with one attached hydrogen (secondary N) is 1. The number of nitrogens with zero attached hydrogens (tertiary/aromatic N) is 1. The van der Waals surface area contributed by atoms with E-state index in [1.807, 2.05) is 35.4 Å². The lowest BCUT2D eigenvalue weighted by Crippen LogP contribution is -2.42. The number of rotatable bonds is 3. The van der Waals surface area contributed by atoms with Crippen LogP contribution < -0.4 is 0 Å². The van der Waals surface area contributed by atoms with Crippen molar-refractivity contribution in [3.63, 3.8) is 0 Å². The van der Waals surface area contributed by atoms with E-state index in [9.17, 15) is 14.7 Å². The molecule has 1 aromatic carbocycles. The number of H-pyrrole nitrogens is 1. The van der Waals surface area contributed by atoms with Gasteiger partial charge in [-0.15, -0.1) is 11.6 Å². The minimum absolute atomic E-state index is 0.0887. The van der Waals surface area contributed by atoms with Crippen LogP contribution in [0.1, 0.15) is 24.8 Å². The zero-order valence-corrected chi connectivity index (χ0v) is 14.0. The summed E-state index contributed by atoms with van der Waals surface area (Å²) in [5.41, 5.74) is 1.71. The molecule has 2 N–H and O–H groups in total. The molecule has 4 rings (SSSR count). The minimum Gasteiger partial charge on any atom is -0.480 e. The number of carbonyl (C=O) groups excluding carboxylic acids is 1. The molecule has 0 bridgehead atoms. The lowest BCUT2D eigenvalue weighted by Gasteiger charge is -2.33. The molecule has 5 nitrogen and oxygen atoms in total. The van der Waals surface area contributed by atoms with Gasteiger partial charge in [0.2, 0.25) is 5.91 Å². The number of carboxylic acids is 1. The summed E-state index contributed by atoms with van der Waals surface area (Å²) in [6.07, 6.45) is 4.11. The summed E-state index contributed by atoms with van der Waals surface area (Å²) in [7, 11) is 0. The second-order valence-corrected chi connectivity index (χ2v) is 7.63. The Balaban J connectivity index is 1.42. The van der Waals surface area contributed by atoms with E-state index < -0.39 is 10.8 Å². The first-order valence-corrected chi connectivity index (χ1v) is 8.58. The number of hydrogen-bond acceptors (Lipinski definition) is 2. The molecule has 2 fully saturated rings. The van der Waals surface area contributed by atoms with Gasteiger partial charge in [0, 0.05) is 35.6 Å². The van der Waals surface area contributed by atoms with Crippen LogP contribution >= 0.6 is 11.6 Å². The van der Waals surface area contributed by atoms with Crippen molar-refractivity contribution in [1.29, 1.82) is 0 Å². The molecule has 2 heterocycles. The standard InChI is InChI=1S/C18H19ClN2O3/c19-18(16(23)24)11-17(18)5-7-21(8-6-17)15(22)9-12-10-20-14-4-2-1-3-13(12)14/h1-4,10,20H,5-9,11H2,(H,23,24). The van der Waals surface area contributed by atoms with Gasteiger partial charge < -0.3 is 15.0 Å². The van der Waals surface area contributed by atoms with E-state index in [1.165, 1.54) is 0 Å². The number of halogens is 1. The van der Waals surface area contributed by atoms with Crippen molar-refractivity contribution in [2.24, 2.45) is 5.41 Å². The lowest BCUT2D eigenvalue weighted by molar-refractivity contribution is -0.138. The van der Waals surface area contributed by atoms with Crippen LogP contribution in [0.25, 0.3) is 10.9 Å². The maximum atomic E-state index is 12.6. The predicted molar refractivity (Wildman–Crippen MR) is 91.1 cm³/mol. The minimum atomic E-state index is -1.11. The molecule has 24 heavy (non-hydrogen) atoms. The van der Waals surface area contributed by atoms with Crippen LogP contribution in [0.5, 0.6) is 0 Å². The van der Waals surface area contributed by atoms with Crippen molar-refractivity contribution >= 4 is 34.4 Å². The number of piperidine rings is 1. The summed E-state index contributed by atoms with van der Waals surface area (Å²) in [5, 5.41) is 10.3. The van der Waals surface area contributed by atoms with Crippen LogP contribution in [0, 0.1) is 5.41 Å². The van der Waals surface area contributed by atoms with E-state index in [-0.39, 0.29) is 11.3 Å². The zero-order valence-electron chi connectivity index (χ0n) is 13.2. The smallest absolute Gasteiger partial charge is 0.325 e. The topological polar surface area (TPSA) is 73.4 Å². The van der Waals surface area contributed by atoms with Gasteiger partial charge >= 0.3 is 5.97 Å². The molecular weight excluding hydrogens is 328 g/mol. The lowest BCUT2D eigenvalue weighted by atomic mass is 9.90. The fraction of sp³-hybridized carbons (Fsp3) is 0.444. The summed E-state index contributed by atoms with van der Waals surface area (Å²) in [5.74, 6) is -0.839. The first-order valence-electron chi connectivity index (χ1n) is 8.20. The number of carbonyl (C=O) groups is 2. The molecule has 1 spiro atoms. The SMILES string of the molecule is O=C(Cc1c[nH]c2ccccc12)N1CCC2(CC1)CC2(Cl)C(=O)O. The highest BCUT2D eigenvalue weighted by atomic mass is 35.5. The highest BCUT2D eigenvalue weighted by molar-refractivity contribution is 6.37. The van der Waals surface area contributed by atoms with Gasteiger partial charge in [0.1, 0.15) is 4.87 Å². The van der Waals surface area contributed by atoms with Crippen molar-refractivity contribution in [2.45, 2.75) is 30.6 Å². The summed E-state index contributed by atoms with van der Waals surface area (Å²) in [6, 6.07) is 7.93. The van der Waals surface area contributed by atoms with Crippen molar-refractivity contribution in [1.82, 2.24) is 9.88 Å². The number of likely N-dealkylation sites (tertiary alicyclic amines) is 1. The number of para-hydroxylation sites is 1. The predicted octanol–water partition coefficient (Wildman–Crippen LogP) is 2.79. The largest absolute Gasteiger partial charge is 0.480 e. The maximum absolute atomic E-state index is 12.6. The fourth-order valence-electron chi connectivity index (χ4n) is 4.03. The monoisotopic (exact) mass is 346 g/mol. The molecule has 2 aromatic rings. The molecule has 1 saturated heterocycles. The van der Waals surface area contributed by atoms with E-state index in [4.69, 9.17) is 11.6 Å². The Morgan fingerprint density at radius 3 is 2.62 bits per heavy atom. The Labute approximate surface area is 144 Å². The van der Waals surface area contributed by atoms with E-state index in [0.717, 1.165) is 16.5 Å². The molecule has 1 aromatic heterocycles. The molecule has 2 aliphatic rings. The van der Waals surface area contributed by atoms with Crippen molar-refractivity contribution in [2.75, 3.05) is 13.1 Å². The maximum Gasteiger partial charge on any atom is 0.325 e. The number of amides is 1. The molecule has 1 aliphatic heterocycles. The number of carboxylic acid groups (broad SMARTS) is 1. The number of hydrogen-bond donors (Lipinski definition) is 2. The third-order valence-electron chi connectivity index (χ3n) is 5.73. The van der Waals surface area contributed by atoms with Gasteiger partial charge in [0.05, 0.1) is 6.42 Å². The van der Waals surface area contributed by atoms with Crippen LogP contribution in [-0.2, 0) is 16.0 Å². The molecule has 1 unspecified atom stereocenters. The van der Waals surface area contributed by atoms with E-state index >= 15 is 0 Å². The summed E-state index contributed by atoms with van der Waals surface area (Å²) in [6.45, 7) is 1.17. The molecular formula is C18H19ClN2O3. The van der Waals surface area contributed by atoms with Crippen LogP contribution in [0.4, 0.5) is 0 Å². The van der Waals surface area contributed by atoms with Crippen molar-refractivity contribution < 1.29 is 14.7 Å². The Bertz CT molecular complexity index is 823. The molecule has 1 aliphatic carbocycles. The Morgan fingerprint density at radius 1 is 1.25 bits per heavy atom. The number of alkyl halides is 1. The normalized spacial score (nSPS) is 25.1. The van der Waals surface area contributed by atoms with E-state index in [1.54, 1.807) is 0 Å². The third kappa shape index (κ3) is 2.22. The average molecular weight is 347 g/mol. The van der Waals surface area contributed by atoms with E-state index in [0.29, 0.717) is 38.8 Å². The van der Waals surface area contributed by atoms with Gasteiger partial charge in [0.15, 0.2) is 0 Å². The Morgan fingerprint density at radius 2 is 1.96 bits per heavy atom. The van der Waals surface area contributed by atoms with Crippen molar-refractivity contribution in [3.05, 3.63) is 36.0 Å². The molecule has 6 heteroatoms. The number of benzene rings is 1. The number of fused-ring (bicyclic) bond motifs is 1. The van der Waals surface area contributed by atoms with Gasteiger partial charge in [-0.3, -0.25) is 9.59 Å². The quantitative estimate of drug-likeness (QED) is 0.839. The number of aromatic nitrogens is 1. The summed E-state index contributed by atoms with van der Waals surface area (Å²) in [4.78, 5) is 27.8. The zero-order chi connectivity index (χ0) is 16.9. The van der Waals surface area contributed by atoms with Gasteiger partial charge in [-0.05, 0) is 30.9 Å². The second kappa shape index (κ2) is 5.24. The summed E-state index contributed by atoms with van der Waals surface area (Å²) < 4.78 is 0. The van der Waals surface area contributed by atoms with Gasteiger partial charge in [-0.2, -0.15) is 0 Å². The second-order valence-electron chi connectivity index (χ2n) is 6.98. The summed E-state index contributed by atoms with van der Waals surface area (Å²) >= 11 is 6.22. The molecule has 1 amide bonds. The molecule has 1 saturated carbocycles. The Hall–Kier alpha value is -2.01. The number of aromatic amines is 1. The fourth-order valence-corrected chi connectivity index (χ4v) is 4.48. The first kappa shape index (κ1) is 15.5. The molecule has 0 radical (unpaired) electrons. The van der Waals surface area contributed by atoms with Gasteiger partial charge in [-0.1, -0.05) is 18.2 Å². The highest BCUT2D eigenvalue weighted by Gasteiger charge is 2.71. The highest BCUT2D eigenvalue weighted by Crippen LogP contribution is 2.66. The van der Waals surface area contributed by atoms with Gasteiger partial charge in [-0.25, -0.2) is 0 Å². The van der Waals surface area contributed by atoms with Crippen LogP contribution in [0.2, 0.25) is 0 Å². The number of aliphatic carboxylic acids is 1. The van der Waals surface area contributed by atoms with E-state index in [2.05, 4.69) is 4.98 Å². The Kier molecular flexibility index (Phi) is 3.39.